The van der Waals surface area contributed by atoms with E-state index in [1.807, 2.05) is 6.07 Å². The number of hydrogen-bond acceptors (Lipinski definition) is 6. The van der Waals surface area contributed by atoms with Crippen molar-refractivity contribution in [3.63, 3.8) is 0 Å². The Morgan fingerprint density at radius 2 is 1.85 bits per heavy atom. The highest BCUT2D eigenvalue weighted by molar-refractivity contribution is 7.92. The minimum atomic E-state index is -3.59. The van der Waals surface area contributed by atoms with Gasteiger partial charge in [-0.3, -0.25) is 14.1 Å². The Kier molecular flexibility index (Phi) is 6.89. The van der Waals surface area contributed by atoms with Crippen LogP contribution in [0.2, 0.25) is 0 Å². The van der Waals surface area contributed by atoms with Gasteiger partial charge in [-0.25, -0.2) is 13.2 Å². The van der Waals surface area contributed by atoms with E-state index in [1.54, 1.807) is 18.3 Å². The lowest BCUT2D eigenvalue weighted by Gasteiger charge is -2.22. The summed E-state index contributed by atoms with van der Waals surface area (Å²) < 4.78 is 29.9. The van der Waals surface area contributed by atoms with Crippen molar-refractivity contribution in [2.24, 2.45) is 0 Å². The lowest BCUT2D eigenvalue weighted by Crippen LogP contribution is -2.34. The Labute approximate surface area is 158 Å². The first kappa shape index (κ1) is 20.4. The van der Waals surface area contributed by atoms with Gasteiger partial charge in [0.2, 0.25) is 15.9 Å². The fraction of sp³-hybridized carbons (Fsp3) is 0.278. The number of methoxy groups -OCH3 is 1. The van der Waals surface area contributed by atoms with Crippen LogP contribution in [0.3, 0.4) is 0 Å². The van der Waals surface area contributed by atoms with E-state index in [9.17, 15) is 18.0 Å². The molecule has 0 spiro atoms. The van der Waals surface area contributed by atoms with Crippen molar-refractivity contribution in [3.8, 4) is 0 Å². The molecule has 1 heterocycles. The number of sulfonamides is 1. The molecule has 0 saturated heterocycles. The minimum absolute atomic E-state index is 0.0152. The standard InChI is InChI=1S/C18H21N3O5S/c1-26-18(23)14-6-8-16(9-7-14)21(27(2,24)25)12-10-17(22)20-13-15-5-3-4-11-19-15/h3-9,11H,10,12-13H2,1-2H3,(H,20,22). The number of esters is 1. The maximum Gasteiger partial charge on any atom is 0.337 e. The molecule has 1 aromatic carbocycles. The van der Waals surface area contributed by atoms with Crippen molar-refractivity contribution < 1.29 is 22.7 Å². The predicted octanol–water partition coefficient (Wildman–Crippen LogP) is 1.34. The molecule has 0 bridgehead atoms. The first-order valence-electron chi connectivity index (χ1n) is 8.14. The molecule has 0 radical (unpaired) electrons. The van der Waals surface area contributed by atoms with Gasteiger partial charge in [0, 0.05) is 19.2 Å². The Morgan fingerprint density at radius 1 is 1.15 bits per heavy atom. The number of aromatic nitrogens is 1. The number of benzene rings is 1. The average Bonchev–Trinajstić information content (AvgIpc) is 2.66. The van der Waals surface area contributed by atoms with Crippen LogP contribution in [0.25, 0.3) is 0 Å². The van der Waals surface area contributed by atoms with Gasteiger partial charge in [0.1, 0.15) is 0 Å². The van der Waals surface area contributed by atoms with Gasteiger partial charge in [-0.05, 0) is 36.4 Å². The van der Waals surface area contributed by atoms with Crippen LogP contribution in [0.4, 0.5) is 5.69 Å². The van der Waals surface area contributed by atoms with Gasteiger partial charge < -0.3 is 10.1 Å². The number of hydrogen-bond donors (Lipinski definition) is 1. The summed E-state index contributed by atoms with van der Waals surface area (Å²) in [5.74, 6) is -0.804. The van der Waals surface area contributed by atoms with Crippen LogP contribution in [-0.2, 0) is 26.1 Å². The van der Waals surface area contributed by atoms with Crippen LogP contribution in [0.5, 0.6) is 0 Å². The molecule has 27 heavy (non-hydrogen) atoms. The highest BCUT2D eigenvalue weighted by Gasteiger charge is 2.19. The van der Waals surface area contributed by atoms with Crippen LogP contribution < -0.4 is 9.62 Å². The van der Waals surface area contributed by atoms with Crippen molar-refractivity contribution in [1.82, 2.24) is 10.3 Å². The van der Waals surface area contributed by atoms with Crippen molar-refractivity contribution in [1.29, 1.82) is 0 Å². The van der Waals surface area contributed by atoms with Crippen LogP contribution in [0.1, 0.15) is 22.5 Å². The molecule has 0 aliphatic rings. The van der Waals surface area contributed by atoms with Crippen LogP contribution >= 0.6 is 0 Å². The summed E-state index contributed by atoms with van der Waals surface area (Å²) in [5, 5.41) is 2.70. The maximum absolute atomic E-state index is 12.1. The van der Waals surface area contributed by atoms with Crippen LogP contribution in [0.15, 0.2) is 48.7 Å². The number of rotatable bonds is 8. The largest absolute Gasteiger partial charge is 0.465 e. The van der Waals surface area contributed by atoms with Gasteiger partial charge in [-0.1, -0.05) is 6.07 Å². The van der Waals surface area contributed by atoms with Crippen molar-refractivity contribution in [2.75, 3.05) is 24.2 Å². The lowest BCUT2D eigenvalue weighted by atomic mass is 10.2. The fourth-order valence-corrected chi connectivity index (χ4v) is 3.28. The number of nitrogens with zero attached hydrogens (tertiary/aromatic N) is 2. The molecular weight excluding hydrogens is 370 g/mol. The van der Waals surface area contributed by atoms with Gasteiger partial charge in [0.15, 0.2) is 0 Å². The van der Waals surface area contributed by atoms with E-state index in [1.165, 1.54) is 31.4 Å². The minimum Gasteiger partial charge on any atom is -0.465 e. The number of pyridine rings is 1. The molecule has 9 heteroatoms. The second-order valence-corrected chi connectivity index (χ2v) is 7.63. The molecule has 2 rings (SSSR count). The average molecular weight is 391 g/mol. The Hall–Kier alpha value is -2.94. The Morgan fingerprint density at radius 3 is 2.41 bits per heavy atom. The summed E-state index contributed by atoms with van der Waals surface area (Å²) in [5.41, 5.74) is 1.38. The normalized spacial score (nSPS) is 10.9. The lowest BCUT2D eigenvalue weighted by molar-refractivity contribution is -0.121. The molecule has 1 N–H and O–H groups in total. The molecule has 0 atom stereocenters. The number of amides is 1. The summed E-state index contributed by atoms with van der Waals surface area (Å²) in [7, 11) is -2.33. The van der Waals surface area contributed by atoms with Crippen molar-refractivity contribution in [2.45, 2.75) is 13.0 Å². The number of carbonyl (C=O) groups is 2. The van der Waals surface area contributed by atoms with E-state index in [-0.39, 0.29) is 25.4 Å². The third-order valence-electron chi connectivity index (χ3n) is 3.71. The quantitative estimate of drug-likeness (QED) is 0.681. The third kappa shape index (κ3) is 6.07. The summed E-state index contributed by atoms with van der Waals surface area (Å²) in [6, 6.07) is 11.3. The molecule has 0 aliphatic heterocycles. The smallest absolute Gasteiger partial charge is 0.337 e. The molecule has 1 aromatic heterocycles. The molecular formula is C18H21N3O5S. The molecule has 0 aliphatic carbocycles. The molecule has 8 nitrogen and oxygen atoms in total. The van der Waals surface area contributed by atoms with E-state index in [0.29, 0.717) is 16.9 Å². The highest BCUT2D eigenvalue weighted by Crippen LogP contribution is 2.19. The highest BCUT2D eigenvalue weighted by atomic mass is 32.2. The second kappa shape index (κ2) is 9.13. The topological polar surface area (TPSA) is 106 Å². The molecule has 0 saturated carbocycles. The van der Waals surface area contributed by atoms with Gasteiger partial charge >= 0.3 is 5.97 Å². The van der Waals surface area contributed by atoms with E-state index < -0.39 is 16.0 Å². The number of ether oxygens (including phenoxy) is 1. The van der Waals surface area contributed by atoms with Crippen LogP contribution in [-0.4, -0.2) is 45.2 Å². The van der Waals surface area contributed by atoms with E-state index in [2.05, 4.69) is 15.0 Å². The number of carbonyl (C=O) groups excluding carboxylic acids is 2. The Balaban J connectivity index is 2.00. The molecule has 2 aromatic rings. The van der Waals surface area contributed by atoms with Crippen molar-refractivity contribution in [3.05, 3.63) is 59.9 Å². The number of anilines is 1. The van der Waals surface area contributed by atoms with Crippen molar-refractivity contribution >= 4 is 27.6 Å². The van der Waals surface area contributed by atoms with Crippen LogP contribution in [0, 0.1) is 0 Å². The summed E-state index contributed by atoms with van der Waals surface area (Å²) in [6.07, 6.45) is 2.68. The van der Waals surface area contributed by atoms with E-state index in [0.717, 1.165) is 10.6 Å². The fourth-order valence-electron chi connectivity index (χ4n) is 2.35. The maximum atomic E-state index is 12.1. The molecule has 0 fully saturated rings. The SMILES string of the molecule is COC(=O)c1ccc(N(CCC(=O)NCc2ccccn2)S(C)(=O)=O)cc1. The van der Waals surface area contributed by atoms with E-state index >= 15 is 0 Å². The zero-order valence-corrected chi connectivity index (χ0v) is 15.9. The van der Waals surface area contributed by atoms with Gasteiger partial charge in [0.25, 0.3) is 0 Å². The molecule has 1 amide bonds. The summed E-state index contributed by atoms with van der Waals surface area (Å²) >= 11 is 0. The molecule has 0 unspecified atom stereocenters. The van der Waals surface area contributed by atoms with Gasteiger partial charge in [-0.2, -0.15) is 0 Å². The predicted molar refractivity (Wildman–Crippen MR) is 101 cm³/mol. The monoisotopic (exact) mass is 391 g/mol. The zero-order chi connectivity index (χ0) is 19.9. The molecule has 144 valence electrons. The van der Waals surface area contributed by atoms with Gasteiger partial charge in [-0.15, -0.1) is 0 Å². The second-order valence-electron chi connectivity index (χ2n) is 5.72. The Bertz CT molecular complexity index is 883. The van der Waals surface area contributed by atoms with E-state index in [4.69, 9.17) is 0 Å². The summed E-state index contributed by atoms with van der Waals surface area (Å²) in [4.78, 5) is 27.6. The zero-order valence-electron chi connectivity index (χ0n) is 15.1. The third-order valence-corrected chi connectivity index (χ3v) is 4.91. The van der Waals surface area contributed by atoms with Gasteiger partial charge in [0.05, 0.1) is 36.9 Å². The summed E-state index contributed by atoms with van der Waals surface area (Å²) in [6.45, 7) is 0.247. The first-order valence-corrected chi connectivity index (χ1v) is 9.99. The first-order chi connectivity index (χ1) is 12.8. The number of nitrogens with one attached hydrogen (secondary N) is 1.